The number of amides is 1. The lowest BCUT2D eigenvalue weighted by atomic mass is 10.3. The average Bonchev–Trinajstić information content (AvgIpc) is 2.64. The maximum absolute atomic E-state index is 11.9. The third-order valence-corrected chi connectivity index (χ3v) is 4.11. The smallest absolute Gasteiger partial charge is 0.259 e. The summed E-state index contributed by atoms with van der Waals surface area (Å²) in [5.41, 5.74) is 0.248. The van der Waals surface area contributed by atoms with Crippen molar-refractivity contribution < 1.29 is 4.79 Å². The Morgan fingerprint density at radius 1 is 1.22 bits per heavy atom. The number of carbonyl (C=O) groups is 1. The predicted molar refractivity (Wildman–Crippen MR) is 74.3 cm³/mol. The molecule has 0 atom stereocenters. The lowest BCUT2D eigenvalue weighted by Gasteiger charge is -2.05. The third kappa shape index (κ3) is 2.87. The molecule has 0 aromatic carbocycles. The van der Waals surface area contributed by atoms with Crippen LogP contribution < -0.4 is 5.32 Å². The molecule has 2 aromatic rings. The van der Waals surface area contributed by atoms with Crippen molar-refractivity contribution in [2.45, 2.75) is 0 Å². The largest absolute Gasteiger partial charge is 0.305 e. The molecule has 0 spiro atoms. The molecule has 0 fully saturated rings. The number of hydrogen-bond donors (Lipinski definition) is 1. The van der Waals surface area contributed by atoms with Gasteiger partial charge in [-0.3, -0.25) is 4.79 Å². The highest BCUT2D eigenvalue weighted by Gasteiger charge is 2.17. The van der Waals surface area contributed by atoms with E-state index < -0.39 is 5.91 Å². The number of hydrogen-bond acceptors (Lipinski definition) is 4. The van der Waals surface area contributed by atoms with Gasteiger partial charge in [-0.25, -0.2) is 9.97 Å². The maximum atomic E-state index is 11.9. The summed E-state index contributed by atoms with van der Waals surface area (Å²) in [7, 11) is 0. The second kappa shape index (κ2) is 5.59. The first kappa shape index (κ1) is 13.8. The molecule has 0 radical (unpaired) electrons. The van der Waals surface area contributed by atoms with Gasteiger partial charge < -0.3 is 5.32 Å². The van der Waals surface area contributed by atoms with Crippen LogP contribution in [0, 0.1) is 0 Å². The van der Waals surface area contributed by atoms with Gasteiger partial charge in [-0.05, 0) is 6.07 Å². The second-order valence-corrected chi connectivity index (χ2v) is 6.04. The highest BCUT2D eigenvalue weighted by atomic mass is 35.5. The lowest BCUT2D eigenvalue weighted by molar-refractivity contribution is 0.102. The van der Waals surface area contributed by atoms with Gasteiger partial charge >= 0.3 is 0 Å². The van der Waals surface area contributed by atoms with E-state index in [1.165, 1.54) is 12.4 Å². The van der Waals surface area contributed by atoms with E-state index in [4.69, 9.17) is 46.4 Å². The Hall–Kier alpha value is -0.590. The SMILES string of the molecule is O=C(Nc1ncnc(Cl)c1Cl)c1cc(Cl)sc1Cl. The summed E-state index contributed by atoms with van der Waals surface area (Å²) >= 11 is 24.2. The second-order valence-electron chi connectivity index (χ2n) is 3.02. The Bertz CT molecular complexity index is 616. The van der Waals surface area contributed by atoms with Crippen molar-refractivity contribution in [2.75, 3.05) is 5.32 Å². The van der Waals surface area contributed by atoms with Crippen molar-refractivity contribution in [3.05, 3.63) is 36.8 Å². The van der Waals surface area contributed by atoms with E-state index in [1.807, 2.05) is 0 Å². The Morgan fingerprint density at radius 3 is 2.56 bits per heavy atom. The molecule has 0 bridgehead atoms. The molecule has 1 amide bonds. The van der Waals surface area contributed by atoms with Crippen molar-refractivity contribution in [2.24, 2.45) is 0 Å². The van der Waals surface area contributed by atoms with Gasteiger partial charge in [0.25, 0.3) is 5.91 Å². The molecule has 0 aliphatic carbocycles. The van der Waals surface area contributed by atoms with E-state index in [2.05, 4.69) is 15.3 Å². The molecule has 18 heavy (non-hydrogen) atoms. The Kier molecular flexibility index (Phi) is 4.29. The number of nitrogens with zero attached hydrogens (tertiary/aromatic N) is 2. The van der Waals surface area contributed by atoms with Gasteiger partial charge in [-0.2, -0.15) is 0 Å². The third-order valence-electron chi connectivity index (χ3n) is 1.88. The first-order chi connectivity index (χ1) is 8.49. The van der Waals surface area contributed by atoms with Crippen LogP contribution in [0.4, 0.5) is 5.82 Å². The summed E-state index contributed by atoms with van der Waals surface area (Å²) in [5.74, 6) is -0.361. The fraction of sp³-hybridized carbons (Fsp3) is 0. The predicted octanol–water partition coefficient (Wildman–Crippen LogP) is 4.40. The molecule has 0 aliphatic heterocycles. The standard InChI is InChI=1S/C9H3Cl4N3OS/c10-4-1-3(7(13)18-4)9(17)16-8-5(11)6(12)14-2-15-8/h1-2H,(H,14,15,16,17). The number of thiophene rings is 1. The molecular weight excluding hydrogens is 340 g/mol. The van der Waals surface area contributed by atoms with Gasteiger partial charge in [0, 0.05) is 0 Å². The zero-order valence-electron chi connectivity index (χ0n) is 8.38. The maximum Gasteiger partial charge on any atom is 0.259 e. The summed E-state index contributed by atoms with van der Waals surface area (Å²) in [4.78, 5) is 19.4. The van der Waals surface area contributed by atoms with Crippen LogP contribution >= 0.6 is 57.7 Å². The van der Waals surface area contributed by atoms with E-state index in [0.29, 0.717) is 4.34 Å². The lowest BCUT2D eigenvalue weighted by Crippen LogP contribution is -2.13. The topological polar surface area (TPSA) is 54.9 Å². The van der Waals surface area contributed by atoms with Crippen LogP contribution in [0.15, 0.2) is 12.4 Å². The van der Waals surface area contributed by atoms with Crippen molar-refractivity contribution >= 4 is 69.5 Å². The first-order valence-corrected chi connectivity index (χ1v) is 6.74. The molecule has 0 unspecified atom stereocenters. The van der Waals surface area contributed by atoms with Crippen molar-refractivity contribution in [3.63, 3.8) is 0 Å². The van der Waals surface area contributed by atoms with Crippen LogP contribution in [0.1, 0.15) is 10.4 Å². The van der Waals surface area contributed by atoms with E-state index in [9.17, 15) is 4.79 Å². The van der Waals surface area contributed by atoms with Gasteiger partial charge in [-0.1, -0.05) is 46.4 Å². The van der Waals surface area contributed by atoms with Crippen molar-refractivity contribution in [1.82, 2.24) is 9.97 Å². The average molecular weight is 343 g/mol. The van der Waals surface area contributed by atoms with E-state index in [1.54, 1.807) is 0 Å². The van der Waals surface area contributed by atoms with E-state index >= 15 is 0 Å². The first-order valence-electron chi connectivity index (χ1n) is 4.41. The highest BCUT2D eigenvalue weighted by molar-refractivity contribution is 7.20. The molecule has 4 nitrogen and oxygen atoms in total. The van der Waals surface area contributed by atoms with Crippen molar-refractivity contribution in [1.29, 1.82) is 0 Å². The summed E-state index contributed by atoms with van der Waals surface area (Å²) in [5, 5.41) is 2.59. The molecule has 94 valence electrons. The number of rotatable bonds is 2. The molecule has 2 aromatic heterocycles. The van der Waals surface area contributed by atoms with E-state index in [0.717, 1.165) is 11.3 Å². The Balaban J connectivity index is 2.27. The number of halogens is 4. The minimum absolute atomic E-state index is 0.0522. The van der Waals surface area contributed by atoms with Gasteiger partial charge in [0.15, 0.2) is 11.0 Å². The van der Waals surface area contributed by atoms with Crippen LogP contribution in [0.3, 0.4) is 0 Å². The fourth-order valence-corrected chi connectivity index (χ4v) is 2.84. The summed E-state index contributed by atoms with van der Waals surface area (Å²) in [6.07, 6.45) is 1.19. The normalized spacial score (nSPS) is 10.4. The Morgan fingerprint density at radius 2 is 1.94 bits per heavy atom. The molecule has 2 rings (SSSR count). The van der Waals surface area contributed by atoms with Gasteiger partial charge in [0.05, 0.1) is 9.90 Å². The quantitative estimate of drug-likeness (QED) is 0.822. The number of aromatic nitrogens is 2. The molecule has 1 N–H and O–H groups in total. The number of carbonyl (C=O) groups excluding carboxylic acids is 1. The van der Waals surface area contributed by atoms with Crippen molar-refractivity contribution in [3.8, 4) is 0 Å². The highest BCUT2D eigenvalue weighted by Crippen LogP contribution is 2.32. The molecular formula is C9H3Cl4N3OS. The monoisotopic (exact) mass is 341 g/mol. The minimum Gasteiger partial charge on any atom is -0.305 e. The minimum atomic E-state index is -0.472. The molecule has 2 heterocycles. The van der Waals surface area contributed by atoms with E-state index in [-0.39, 0.29) is 25.9 Å². The molecule has 0 aliphatic rings. The summed E-state index contributed by atoms with van der Waals surface area (Å²) < 4.78 is 0.700. The Labute approximate surface area is 126 Å². The van der Waals surface area contributed by atoms with Crippen LogP contribution in [0.25, 0.3) is 0 Å². The van der Waals surface area contributed by atoms with Gasteiger partial charge in [-0.15, -0.1) is 11.3 Å². The molecule has 0 saturated heterocycles. The number of anilines is 1. The molecule has 0 saturated carbocycles. The van der Waals surface area contributed by atoms with Crippen LogP contribution in [-0.2, 0) is 0 Å². The van der Waals surface area contributed by atoms with Crippen LogP contribution in [0.2, 0.25) is 18.8 Å². The summed E-state index contributed by atoms with van der Waals surface area (Å²) in [6.45, 7) is 0. The fourth-order valence-electron chi connectivity index (χ4n) is 1.11. The van der Waals surface area contributed by atoms with Gasteiger partial charge in [0.2, 0.25) is 0 Å². The summed E-state index contributed by atoms with van der Waals surface area (Å²) in [6, 6.07) is 1.46. The zero-order valence-corrected chi connectivity index (χ0v) is 12.2. The zero-order chi connectivity index (χ0) is 13.3. The van der Waals surface area contributed by atoms with Gasteiger partial charge in [0.1, 0.15) is 15.7 Å². The van der Waals surface area contributed by atoms with Crippen LogP contribution in [-0.4, -0.2) is 15.9 Å². The number of nitrogens with one attached hydrogen (secondary N) is 1. The molecule has 9 heteroatoms. The van der Waals surface area contributed by atoms with Crippen LogP contribution in [0.5, 0.6) is 0 Å².